The highest BCUT2D eigenvalue weighted by Gasteiger charge is 2.21. The molecule has 0 radical (unpaired) electrons. The molecule has 162 valence electrons. The maximum atomic E-state index is 13.3. The molecule has 0 saturated carbocycles. The molecule has 3 aromatic heterocycles. The van der Waals surface area contributed by atoms with Crippen LogP contribution in [-0.2, 0) is 19.6 Å². The Kier molecular flexibility index (Phi) is 5.63. The van der Waals surface area contributed by atoms with Gasteiger partial charge in [0.25, 0.3) is 11.5 Å². The summed E-state index contributed by atoms with van der Waals surface area (Å²) in [4.78, 5) is 28.2. The number of fused-ring (bicyclic) bond motifs is 3. The minimum atomic E-state index is -0.200. The van der Waals surface area contributed by atoms with E-state index in [1.807, 2.05) is 49.0 Å². The minimum absolute atomic E-state index is 0.133. The van der Waals surface area contributed by atoms with Crippen LogP contribution in [0.2, 0.25) is 0 Å². The summed E-state index contributed by atoms with van der Waals surface area (Å²) >= 11 is 0. The van der Waals surface area contributed by atoms with Gasteiger partial charge in [-0.15, -0.1) is 0 Å². The van der Waals surface area contributed by atoms with Crippen molar-refractivity contribution >= 4 is 22.5 Å². The molecule has 0 atom stereocenters. The van der Waals surface area contributed by atoms with Gasteiger partial charge in [-0.25, -0.2) is 4.52 Å². The monoisotopic (exact) mass is 420 g/mol. The molecule has 0 bridgehead atoms. The topological polar surface area (TPSA) is 77.4 Å². The van der Waals surface area contributed by atoms with Gasteiger partial charge in [-0.3, -0.25) is 14.3 Å². The van der Waals surface area contributed by atoms with Crippen LogP contribution in [0, 0.1) is 5.92 Å². The second-order valence-electron chi connectivity index (χ2n) is 8.15. The normalized spacial score (nSPS) is 11.6. The Balaban J connectivity index is 1.77. The van der Waals surface area contributed by atoms with Gasteiger partial charge in [0.05, 0.1) is 17.2 Å². The highest BCUT2D eigenvalue weighted by atomic mass is 16.2. The predicted molar refractivity (Wildman–Crippen MR) is 120 cm³/mol. The first kappa shape index (κ1) is 20.8. The molecule has 4 aromatic rings. The molecule has 0 fully saturated rings. The van der Waals surface area contributed by atoms with E-state index in [4.69, 9.17) is 0 Å². The standard InChI is InChI=1S/C23H28N6O2/c1-5-26(14-17-12-24-27(6-2)15-17)22(30)18-11-21-23(31)28(13-16(3)4)19-9-7-8-10-20(19)29(21)25-18/h7-12,15-16H,5-6,13-14H2,1-4H3. The van der Waals surface area contributed by atoms with Gasteiger partial charge in [-0.1, -0.05) is 26.0 Å². The van der Waals surface area contributed by atoms with E-state index >= 15 is 0 Å². The smallest absolute Gasteiger partial charge is 0.277 e. The fourth-order valence-corrected chi connectivity index (χ4v) is 3.86. The van der Waals surface area contributed by atoms with Gasteiger partial charge >= 0.3 is 0 Å². The Morgan fingerprint density at radius 2 is 1.87 bits per heavy atom. The van der Waals surface area contributed by atoms with Crippen molar-refractivity contribution in [1.82, 2.24) is 28.9 Å². The van der Waals surface area contributed by atoms with Crippen LogP contribution < -0.4 is 5.56 Å². The largest absolute Gasteiger partial charge is 0.333 e. The first-order valence-corrected chi connectivity index (χ1v) is 10.7. The van der Waals surface area contributed by atoms with E-state index in [1.54, 1.807) is 26.2 Å². The number of amides is 1. The molecule has 3 heterocycles. The first-order valence-electron chi connectivity index (χ1n) is 10.7. The summed E-state index contributed by atoms with van der Waals surface area (Å²) in [6.07, 6.45) is 3.72. The Labute approximate surface area is 180 Å². The Bertz CT molecular complexity index is 1300. The van der Waals surface area contributed by atoms with Gasteiger partial charge in [-0.2, -0.15) is 10.2 Å². The van der Waals surface area contributed by atoms with E-state index < -0.39 is 0 Å². The van der Waals surface area contributed by atoms with Crippen LogP contribution in [-0.4, -0.2) is 41.3 Å². The van der Waals surface area contributed by atoms with Crippen molar-refractivity contribution in [3.63, 3.8) is 0 Å². The fourth-order valence-electron chi connectivity index (χ4n) is 3.86. The number of aromatic nitrogens is 5. The summed E-state index contributed by atoms with van der Waals surface area (Å²) in [5.41, 5.74) is 3.14. The van der Waals surface area contributed by atoms with Crippen molar-refractivity contribution in [2.45, 2.75) is 47.3 Å². The summed E-state index contributed by atoms with van der Waals surface area (Å²) in [6, 6.07) is 9.29. The zero-order valence-corrected chi connectivity index (χ0v) is 18.4. The number of carbonyl (C=O) groups excluding carboxylic acids is 1. The van der Waals surface area contributed by atoms with Crippen LogP contribution in [0.5, 0.6) is 0 Å². The summed E-state index contributed by atoms with van der Waals surface area (Å²) < 4.78 is 5.22. The van der Waals surface area contributed by atoms with E-state index in [9.17, 15) is 9.59 Å². The zero-order chi connectivity index (χ0) is 22.1. The highest BCUT2D eigenvalue weighted by Crippen LogP contribution is 2.17. The molecule has 0 aliphatic carbocycles. The van der Waals surface area contributed by atoms with Gasteiger partial charge in [0.1, 0.15) is 5.52 Å². The van der Waals surface area contributed by atoms with Crippen molar-refractivity contribution in [2.24, 2.45) is 5.92 Å². The number of hydrogen-bond acceptors (Lipinski definition) is 4. The van der Waals surface area contributed by atoms with Crippen LogP contribution in [0.1, 0.15) is 43.7 Å². The molecule has 0 aliphatic rings. The number of hydrogen-bond donors (Lipinski definition) is 0. The van der Waals surface area contributed by atoms with Crippen molar-refractivity contribution in [3.05, 3.63) is 64.3 Å². The van der Waals surface area contributed by atoms with Crippen molar-refractivity contribution in [1.29, 1.82) is 0 Å². The maximum Gasteiger partial charge on any atom is 0.277 e. The van der Waals surface area contributed by atoms with Gasteiger partial charge in [0.2, 0.25) is 0 Å². The van der Waals surface area contributed by atoms with E-state index in [0.717, 1.165) is 23.1 Å². The molecule has 0 spiro atoms. The lowest BCUT2D eigenvalue weighted by Gasteiger charge is -2.18. The highest BCUT2D eigenvalue weighted by molar-refractivity contribution is 5.94. The Hall–Kier alpha value is -3.42. The molecule has 31 heavy (non-hydrogen) atoms. The summed E-state index contributed by atoms with van der Waals surface area (Å²) in [7, 11) is 0. The van der Waals surface area contributed by atoms with Crippen LogP contribution in [0.4, 0.5) is 0 Å². The van der Waals surface area contributed by atoms with E-state index in [0.29, 0.717) is 31.1 Å². The second kappa shape index (κ2) is 8.37. The molecule has 0 unspecified atom stereocenters. The molecule has 1 aromatic carbocycles. The molecular weight excluding hydrogens is 392 g/mol. The quantitative estimate of drug-likeness (QED) is 0.460. The average molecular weight is 421 g/mol. The zero-order valence-electron chi connectivity index (χ0n) is 18.4. The third-order valence-electron chi connectivity index (χ3n) is 5.39. The number of nitrogens with zero attached hydrogens (tertiary/aromatic N) is 6. The van der Waals surface area contributed by atoms with Crippen LogP contribution in [0.3, 0.4) is 0 Å². The fraction of sp³-hybridized carbons (Fsp3) is 0.391. The van der Waals surface area contributed by atoms with Crippen LogP contribution in [0.15, 0.2) is 47.5 Å². The Morgan fingerprint density at radius 1 is 1.13 bits per heavy atom. The molecule has 0 aliphatic heterocycles. The van der Waals surface area contributed by atoms with Crippen LogP contribution >= 0.6 is 0 Å². The van der Waals surface area contributed by atoms with Crippen molar-refractivity contribution in [3.8, 4) is 0 Å². The van der Waals surface area contributed by atoms with Gasteiger partial charge < -0.3 is 9.47 Å². The van der Waals surface area contributed by atoms with Gasteiger partial charge in [-0.05, 0) is 31.9 Å². The summed E-state index contributed by atoms with van der Waals surface area (Å²) in [5, 5.41) is 8.83. The average Bonchev–Trinajstić information content (AvgIpc) is 3.41. The van der Waals surface area contributed by atoms with Gasteiger partial charge in [0.15, 0.2) is 5.69 Å². The van der Waals surface area contributed by atoms with Crippen molar-refractivity contribution in [2.75, 3.05) is 6.54 Å². The van der Waals surface area contributed by atoms with E-state index in [1.165, 1.54) is 0 Å². The second-order valence-corrected chi connectivity index (χ2v) is 8.15. The minimum Gasteiger partial charge on any atom is -0.333 e. The number of aryl methyl sites for hydroxylation is 1. The molecule has 4 rings (SSSR count). The molecule has 8 heteroatoms. The third-order valence-corrected chi connectivity index (χ3v) is 5.39. The number of para-hydroxylation sites is 2. The molecule has 1 amide bonds. The summed E-state index contributed by atoms with van der Waals surface area (Å²) in [5.74, 6) is 0.113. The predicted octanol–water partition coefficient (Wildman–Crippen LogP) is 3.18. The third kappa shape index (κ3) is 3.85. The SMILES string of the molecule is CCN(Cc1cnn(CC)c1)C(=O)c1cc2c(=O)n(CC(C)C)c3ccccc3n2n1. The van der Waals surface area contributed by atoms with Crippen molar-refractivity contribution < 1.29 is 4.79 Å². The number of rotatable bonds is 7. The molecule has 0 N–H and O–H groups in total. The molecule has 0 saturated heterocycles. The first-order chi connectivity index (χ1) is 14.9. The number of carbonyl (C=O) groups is 1. The lowest BCUT2D eigenvalue weighted by atomic mass is 10.2. The van der Waals surface area contributed by atoms with Gasteiger partial charge in [0, 0.05) is 44.0 Å². The number of benzene rings is 1. The lowest BCUT2D eigenvalue weighted by molar-refractivity contribution is 0.0746. The van der Waals surface area contributed by atoms with E-state index in [-0.39, 0.29) is 17.2 Å². The molecule has 8 nitrogen and oxygen atoms in total. The van der Waals surface area contributed by atoms with E-state index in [2.05, 4.69) is 24.0 Å². The summed E-state index contributed by atoms with van der Waals surface area (Å²) in [6.45, 7) is 10.5. The lowest BCUT2D eigenvalue weighted by Crippen LogP contribution is -2.30. The maximum absolute atomic E-state index is 13.3. The van der Waals surface area contributed by atoms with Crippen LogP contribution in [0.25, 0.3) is 16.6 Å². The molecular formula is C23H28N6O2. The Morgan fingerprint density at radius 3 is 2.52 bits per heavy atom.